The maximum Gasteiger partial charge on any atom is 0.338 e. The molecule has 0 spiro atoms. The number of rotatable bonds is 36. The van der Waals surface area contributed by atoms with Gasteiger partial charge in [-0.2, -0.15) is 0 Å². The molecule has 0 amide bonds. The molecule has 0 atom stereocenters. The molecular formula is C34H59NO13. The summed E-state index contributed by atoms with van der Waals surface area (Å²) in [4.78, 5) is 23.3. The average Bonchev–Trinajstić information content (AvgIpc) is 3.09. The average molecular weight is 690 g/mol. The molecule has 278 valence electrons. The Morgan fingerprint density at radius 3 is 1.25 bits per heavy atom. The van der Waals surface area contributed by atoms with Crippen LogP contribution in [-0.4, -0.2) is 151 Å². The van der Waals surface area contributed by atoms with Gasteiger partial charge in [0.25, 0.3) is 0 Å². The van der Waals surface area contributed by atoms with Gasteiger partial charge in [-0.05, 0) is 37.6 Å². The van der Waals surface area contributed by atoms with E-state index in [1.807, 2.05) is 12.1 Å². The zero-order chi connectivity index (χ0) is 34.6. The summed E-state index contributed by atoms with van der Waals surface area (Å²) in [6.45, 7) is 13.5. The highest BCUT2D eigenvalue weighted by molar-refractivity contribution is 5.89. The number of carbonyl (C=O) groups is 2. The second-order valence-corrected chi connectivity index (χ2v) is 10.1. The molecule has 1 N–H and O–H groups in total. The Balaban J connectivity index is 1.71. The van der Waals surface area contributed by atoms with Crippen LogP contribution in [0.25, 0.3) is 0 Å². The molecule has 0 heterocycles. The van der Waals surface area contributed by atoms with Crippen LogP contribution in [0.15, 0.2) is 24.3 Å². The smallest absolute Gasteiger partial charge is 0.338 e. The number of hydrogen-bond donors (Lipinski definition) is 1. The predicted molar refractivity (Wildman–Crippen MR) is 179 cm³/mol. The van der Waals surface area contributed by atoms with Gasteiger partial charge in [-0.1, -0.05) is 13.3 Å². The molecule has 0 aliphatic heterocycles. The van der Waals surface area contributed by atoms with E-state index in [1.165, 1.54) is 0 Å². The molecule has 0 radical (unpaired) electrons. The number of benzene rings is 1. The molecule has 0 saturated heterocycles. The molecule has 0 unspecified atom stereocenters. The number of unbranched alkanes of at least 4 members (excludes halogenated alkanes) is 1. The summed E-state index contributed by atoms with van der Waals surface area (Å²) in [5, 5.41) is 3.31. The maximum atomic E-state index is 12.1. The SMILES string of the molecule is CCCCNc1ccc(C(=O)OCCOCCOCCOCCOCCOCCOCCOCCOCCOCCC(=O)OCC)cc1. The maximum absolute atomic E-state index is 12.1. The van der Waals surface area contributed by atoms with Crippen molar-refractivity contribution in [2.24, 2.45) is 0 Å². The molecule has 0 fully saturated rings. The molecule has 0 bridgehead atoms. The van der Waals surface area contributed by atoms with Gasteiger partial charge in [-0.3, -0.25) is 4.79 Å². The first-order valence-electron chi connectivity index (χ1n) is 17.0. The summed E-state index contributed by atoms with van der Waals surface area (Å²) in [7, 11) is 0. The van der Waals surface area contributed by atoms with Gasteiger partial charge in [0.05, 0.1) is 138 Å². The van der Waals surface area contributed by atoms with Crippen molar-refractivity contribution < 1.29 is 61.7 Å². The van der Waals surface area contributed by atoms with E-state index in [4.69, 9.17) is 52.1 Å². The van der Waals surface area contributed by atoms with Gasteiger partial charge in [0, 0.05) is 12.2 Å². The van der Waals surface area contributed by atoms with E-state index in [0.29, 0.717) is 131 Å². The van der Waals surface area contributed by atoms with Gasteiger partial charge >= 0.3 is 11.9 Å². The van der Waals surface area contributed by atoms with Gasteiger partial charge in [-0.15, -0.1) is 0 Å². The van der Waals surface area contributed by atoms with Crippen molar-refractivity contribution in [1.29, 1.82) is 0 Å². The van der Waals surface area contributed by atoms with E-state index in [-0.39, 0.29) is 25.0 Å². The van der Waals surface area contributed by atoms with Crippen molar-refractivity contribution in [2.45, 2.75) is 33.1 Å². The lowest BCUT2D eigenvalue weighted by Gasteiger charge is -2.09. The number of nitrogens with one attached hydrogen (secondary N) is 1. The Labute approximate surface area is 286 Å². The standard InChI is InChI=1S/C34H59NO13/c1-3-5-11-35-32-8-6-31(7-9-32)34(37)48-30-29-46-28-27-45-26-25-44-24-23-43-22-21-42-20-19-41-18-17-40-16-15-39-14-13-38-12-10-33(36)47-4-2/h6-9,35H,3-5,10-30H2,1-2H3. The molecule has 0 aliphatic rings. The highest BCUT2D eigenvalue weighted by atomic mass is 16.6. The molecule has 1 rings (SSSR count). The Morgan fingerprint density at radius 2 is 0.875 bits per heavy atom. The monoisotopic (exact) mass is 689 g/mol. The third-order valence-corrected chi connectivity index (χ3v) is 6.17. The highest BCUT2D eigenvalue weighted by Gasteiger charge is 2.07. The van der Waals surface area contributed by atoms with Gasteiger partial charge in [0.15, 0.2) is 0 Å². The first-order chi connectivity index (χ1) is 23.7. The fourth-order valence-electron chi connectivity index (χ4n) is 3.66. The lowest BCUT2D eigenvalue weighted by molar-refractivity contribution is -0.144. The van der Waals surface area contributed by atoms with E-state index in [0.717, 1.165) is 25.1 Å². The van der Waals surface area contributed by atoms with Crippen LogP contribution in [0.2, 0.25) is 0 Å². The quantitative estimate of drug-likeness (QED) is 0.0813. The number of hydrogen-bond acceptors (Lipinski definition) is 14. The topological polar surface area (TPSA) is 148 Å². The fourth-order valence-corrected chi connectivity index (χ4v) is 3.66. The van der Waals surface area contributed by atoms with Crippen LogP contribution in [0, 0.1) is 0 Å². The number of carbonyl (C=O) groups excluding carboxylic acids is 2. The van der Waals surface area contributed by atoms with Gasteiger partial charge in [0.2, 0.25) is 0 Å². The van der Waals surface area contributed by atoms with Crippen molar-refractivity contribution in [3.63, 3.8) is 0 Å². The summed E-state index contributed by atoms with van der Waals surface area (Å²) in [6.07, 6.45) is 2.49. The molecule has 0 aromatic heterocycles. The summed E-state index contributed by atoms with van der Waals surface area (Å²) >= 11 is 0. The van der Waals surface area contributed by atoms with Crippen LogP contribution >= 0.6 is 0 Å². The van der Waals surface area contributed by atoms with Crippen molar-refractivity contribution in [2.75, 3.05) is 144 Å². The summed E-state index contributed by atoms with van der Waals surface area (Å²) in [5.41, 5.74) is 1.51. The largest absolute Gasteiger partial charge is 0.466 e. The number of esters is 2. The van der Waals surface area contributed by atoms with Gasteiger partial charge in [-0.25, -0.2) is 4.79 Å². The molecule has 48 heavy (non-hydrogen) atoms. The zero-order valence-corrected chi connectivity index (χ0v) is 29.1. The Kier molecular flexibility index (Phi) is 31.3. The Hall–Kier alpha value is -2.40. The van der Waals surface area contributed by atoms with Crippen molar-refractivity contribution in [3.8, 4) is 0 Å². The Bertz CT molecular complexity index is 860. The van der Waals surface area contributed by atoms with Crippen molar-refractivity contribution in [1.82, 2.24) is 0 Å². The number of ether oxygens (including phenoxy) is 11. The highest BCUT2D eigenvalue weighted by Crippen LogP contribution is 2.11. The van der Waals surface area contributed by atoms with Crippen LogP contribution < -0.4 is 5.32 Å². The third kappa shape index (κ3) is 28.6. The molecule has 14 nitrogen and oxygen atoms in total. The minimum atomic E-state index is -0.364. The lowest BCUT2D eigenvalue weighted by atomic mass is 10.2. The molecular weight excluding hydrogens is 630 g/mol. The normalized spacial score (nSPS) is 11.1. The van der Waals surface area contributed by atoms with E-state index < -0.39 is 0 Å². The predicted octanol–water partition coefficient (Wildman–Crippen LogP) is 3.16. The van der Waals surface area contributed by atoms with E-state index in [1.54, 1.807) is 19.1 Å². The molecule has 0 aliphatic carbocycles. The van der Waals surface area contributed by atoms with Crippen LogP contribution in [-0.2, 0) is 56.9 Å². The van der Waals surface area contributed by atoms with Crippen molar-refractivity contribution >= 4 is 17.6 Å². The summed E-state index contributed by atoms with van der Waals surface area (Å²) in [5.74, 6) is -0.619. The molecule has 1 aromatic rings. The second kappa shape index (κ2) is 34.5. The van der Waals surface area contributed by atoms with Crippen LogP contribution in [0.4, 0.5) is 5.69 Å². The molecule has 1 aromatic carbocycles. The van der Waals surface area contributed by atoms with Crippen LogP contribution in [0.5, 0.6) is 0 Å². The first-order valence-corrected chi connectivity index (χ1v) is 17.0. The lowest BCUT2D eigenvalue weighted by Crippen LogP contribution is -2.15. The molecule has 0 saturated carbocycles. The third-order valence-electron chi connectivity index (χ3n) is 6.17. The van der Waals surface area contributed by atoms with Gasteiger partial charge in [0.1, 0.15) is 6.61 Å². The van der Waals surface area contributed by atoms with Gasteiger partial charge < -0.3 is 57.4 Å². The summed E-state index contributed by atoms with van der Waals surface area (Å²) in [6, 6.07) is 7.28. The Morgan fingerprint density at radius 1 is 0.500 bits per heavy atom. The minimum Gasteiger partial charge on any atom is -0.466 e. The van der Waals surface area contributed by atoms with E-state index >= 15 is 0 Å². The zero-order valence-electron chi connectivity index (χ0n) is 29.1. The fraction of sp³-hybridized carbons (Fsp3) is 0.765. The minimum absolute atomic E-state index is 0.186. The number of anilines is 1. The van der Waals surface area contributed by atoms with Crippen LogP contribution in [0.1, 0.15) is 43.5 Å². The van der Waals surface area contributed by atoms with Crippen LogP contribution in [0.3, 0.4) is 0 Å². The summed E-state index contributed by atoms with van der Waals surface area (Å²) < 4.78 is 59.0. The first kappa shape index (κ1) is 43.6. The van der Waals surface area contributed by atoms with Crippen molar-refractivity contribution in [3.05, 3.63) is 29.8 Å². The van der Waals surface area contributed by atoms with E-state index in [2.05, 4.69) is 12.2 Å². The molecule has 14 heteroatoms. The van der Waals surface area contributed by atoms with E-state index in [9.17, 15) is 9.59 Å². The second-order valence-electron chi connectivity index (χ2n) is 10.1.